The van der Waals surface area contributed by atoms with Gasteiger partial charge >= 0.3 is 0 Å². The van der Waals surface area contributed by atoms with E-state index in [1.54, 1.807) is 12.1 Å². The topological polar surface area (TPSA) is 59.0 Å². The van der Waals surface area contributed by atoms with Crippen LogP contribution >= 0.6 is 11.8 Å². The molecule has 0 aliphatic heterocycles. The Morgan fingerprint density at radius 2 is 1.85 bits per heavy atom. The smallest absolute Gasteiger partial charge is 0.142 e. The second kappa shape index (κ2) is 5.80. The number of anilines is 1. The van der Waals surface area contributed by atoms with E-state index < -0.39 is 11.6 Å². The minimum atomic E-state index is -0.765. The first-order chi connectivity index (χ1) is 9.55. The lowest BCUT2D eigenvalue weighted by atomic mass is 10.2. The number of hydrogen-bond acceptors (Lipinski definition) is 4. The third-order valence-electron chi connectivity index (χ3n) is 2.54. The maximum Gasteiger partial charge on any atom is 0.142 e. The van der Waals surface area contributed by atoms with Crippen molar-refractivity contribution in [3.05, 3.63) is 47.5 Å². The molecule has 3 nitrogen and oxygen atoms in total. The first kappa shape index (κ1) is 14.2. The lowest BCUT2D eigenvalue weighted by molar-refractivity contribution is 0.413. The summed E-state index contributed by atoms with van der Waals surface area (Å²) in [6, 6.07) is 8.75. The Morgan fingerprint density at radius 3 is 2.40 bits per heavy atom. The molecular weight excluding hydrogens is 282 g/mol. The Balaban J connectivity index is 2.47. The van der Waals surface area contributed by atoms with Crippen LogP contribution in [0.25, 0.3) is 0 Å². The third-order valence-corrected chi connectivity index (χ3v) is 3.69. The highest BCUT2D eigenvalue weighted by Crippen LogP contribution is 2.36. The van der Waals surface area contributed by atoms with Crippen LogP contribution in [0.4, 0.5) is 14.5 Å². The molecule has 0 fully saturated rings. The van der Waals surface area contributed by atoms with Gasteiger partial charge in [0.25, 0.3) is 0 Å². The third kappa shape index (κ3) is 2.83. The molecule has 2 aromatic carbocycles. The monoisotopic (exact) mass is 292 g/mol. The lowest BCUT2D eigenvalue weighted by Crippen LogP contribution is -1.94. The van der Waals surface area contributed by atoms with Crippen LogP contribution < -0.4 is 10.5 Å². The highest BCUT2D eigenvalue weighted by Gasteiger charge is 2.14. The van der Waals surface area contributed by atoms with E-state index in [1.165, 1.54) is 13.2 Å². The van der Waals surface area contributed by atoms with Gasteiger partial charge in [0, 0.05) is 10.6 Å². The standard InChI is InChI=1S/C14H10F2N2OS/c1-19-10-3-2-8(7-17)13(6-10)20-14-11(15)4-9(18)5-12(14)16/h2-6H,18H2,1H3. The molecule has 0 bridgehead atoms. The zero-order valence-electron chi connectivity index (χ0n) is 10.5. The van der Waals surface area contributed by atoms with E-state index in [9.17, 15) is 8.78 Å². The van der Waals surface area contributed by atoms with Gasteiger partial charge in [-0.05, 0) is 30.3 Å². The SMILES string of the molecule is COc1ccc(C#N)c(Sc2c(F)cc(N)cc2F)c1. The Kier molecular flexibility index (Phi) is 4.11. The average molecular weight is 292 g/mol. The predicted octanol–water partition coefficient (Wildman–Crippen LogP) is 3.58. The minimum Gasteiger partial charge on any atom is -0.497 e. The van der Waals surface area contributed by atoms with Crippen LogP contribution in [-0.2, 0) is 0 Å². The summed E-state index contributed by atoms with van der Waals surface area (Å²) in [6.45, 7) is 0. The van der Waals surface area contributed by atoms with Crippen LogP contribution in [0.3, 0.4) is 0 Å². The molecule has 0 spiro atoms. The Morgan fingerprint density at radius 1 is 1.20 bits per heavy atom. The molecule has 0 saturated heterocycles. The van der Waals surface area contributed by atoms with Crippen molar-refractivity contribution in [2.75, 3.05) is 12.8 Å². The number of hydrogen-bond donors (Lipinski definition) is 1. The fraction of sp³-hybridized carbons (Fsp3) is 0.0714. The van der Waals surface area contributed by atoms with E-state index in [1.807, 2.05) is 6.07 Å². The molecule has 2 aromatic rings. The largest absolute Gasteiger partial charge is 0.497 e. The van der Waals surface area contributed by atoms with Crippen molar-refractivity contribution >= 4 is 17.4 Å². The van der Waals surface area contributed by atoms with Crippen LogP contribution in [0, 0.1) is 23.0 Å². The number of ether oxygens (including phenoxy) is 1. The summed E-state index contributed by atoms with van der Waals surface area (Å²) in [4.78, 5) is 0.207. The molecular formula is C14H10F2N2OS. The molecule has 0 radical (unpaired) electrons. The van der Waals surface area contributed by atoms with Crippen LogP contribution in [0.15, 0.2) is 40.1 Å². The van der Waals surface area contributed by atoms with E-state index in [0.717, 1.165) is 23.9 Å². The van der Waals surface area contributed by atoms with Gasteiger partial charge in [-0.3, -0.25) is 0 Å². The van der Waals surface area contributed by atoms with Crippen LogP contribution in [0.5, 0.6) is 5.75 Å². The van der Waals surface area contributed by atoms with Gasteiger partial charge in [0.2, 0.25) is 0 Å². The fourth-order valence-corrected chi connectivity index (χ4v) is 2.52. The molecule has 0 heterocycles. The minimum absolute atomic E-state index is 0.00972. The van der Waals surface area contributed by atoms with E-state index in [4.69, 9.17) is 15.7 Å². The number of rotatable bonds is 3. The number of benzene rings is 2. The van der Waals surface area contributed by atoms with E-state index >= 15 is 0 Å². The molecule has 102 valence electrons. The Labute approximate surface area is 119 Å². The highest BCUT2D eigenvalue weighted by molar-refractivity contribution is 7.99. The molecule has 0 saturated carbocycles. The second-order valence-electron chi connectivity index (χ2n) is 3.89. The van der Waals surface area contributed by atoms with Crippen LogP contribution in [0.2, 0.25) is 0 Å². The zero-order chi connectivity index (χ0) is 14.7. The summed E-state index contributed by atoms with van der Waals surface area (Å²) < 4.78 is 32.6. The number of nitrogens with two attached hydrogens (primary N) is 1. The summed E-state index contributed by atoms with van der Waals surface area (Å²) in [5.74, 6) is -1.03. The fourth-order valence-electron chi connectivity index (χ4n) is 1.59. The van der Waals surface area contributed by atoms with Crippen molar-refractivity contribution < 1.29 is 13.5 Å². The van der Waals surface area contributed by atoms with E-state index in [0.29, 0.717) is 16.2 Å². The van der Waals surface area contributed by atoms with Crippen molar-refractivity contribution in [3.63, 3.8) is 0 Å². The molecule has 0 aromatic heterocycles. The van der Waals surface area contributed by atoms with Gasteiger partial charge < -0.3 is 10.5 Å². The predicted molar refractivity (Wildman–Crippen MR) is 72.6 cm³/mol. The van der Waals surface area contributed by atoms with Crippen LogP contribution in [-0.4, -0.2) is 7.11 Å². The summed E-state index contributed by atoms with van der Waals surface area (Å²) in [7, 11) is 1.47. The molecule has 20 heavy (non-hydrogen) atoms. The number of nitriles is 1. The van der Waals surface area contributed by atoms with Gasteiger partial charge in [-0.25, -0.2) is 8.78 Å². The molecule has 0 aliphatic rings. The Hall–Kier alpha value is -2.26. The van der Waals surface area contributed by atoms with Gasteiger partial charge in [0.1, 0.15) is 23.5 Å². The number of methoxy groups -OCH3 is 1. The van der Waals surface area contributed by atoms with Crippen molar-refractivity contribution in [1.29, 1.82) is 5.26 Å². The number of nitrogens with zero attached hydrogens (tertiary/aromatic N) is 1. The quantitative estimate of drug-likeness (QED) is 0.878. The van der Waals surface area contributed by atoms with Crippen molar-refractivity contribution in [3.8, 4) is 11.8 Å². The summed E-state index contributed by atoms with van der Waals surface area (Å²) in [5, 5.41) is 9.03. The summed E-state index contributed by atoms with van der Waals surface area (Å²) >= 11 is 0.822. The maximum atomic E-state index is 13.8. The molecule has 0 unspecified atom stereocenters. The van der Waals surface area contributed by atoms with Gasteiger partial charge in [-0.1, -0.05) is 11.8 Å². The normalized spacial score (nSPS) is 10.1. The Bertz CT molecular complexity index is 675. The van der Waals surface area contributed by atoms with E-state index in [-0.39, 0.29) is 10.6 Å². The van der Waals surface area contributed by atoms with Gasteiger partial charge in [0.05, 0.1) is 17.6 Å². The first-order valence-electron chi connectivity index (χ1n) is 5.55. The summed E-state index contributed by atoms with van der Waals surface area (Å²) in [5.41, 5.74) is 5.68. The first-order valence-corrected chi connectivity index (χ1v) is 6.37. The van der Waals surface area contributed by atoms with Gasteiger partial charge in [0.15, 0.2) is 0 Å². The van der Waals surface area contributed by atoms with Crippen molar-refractivity contribution in [2.24, 2.45) is 0 Å². The number of halogens is 2. The lowest BCUT2D eigenvalue weighted by Gasteiger charge is -2.09. The molecule has 2 N–H and O–H groups in total. The van der Waals surface area contributed by atoms with E-state index in [2.05, 4.69) is 0 Å². The summed E-state index contributed by atoms with van der Waals surface area (Å²) in [6.07, 6.45) is 0. The molecule has 6 heteroatoms. The van der Waals surface area contributed by atoms with Crippen LogP contribution in [0.1, 0.15) is 5.56 Å². The average Bonchev–Trinajstić information content (AvgIpc) is 2.42. The molecule has 0 atom stereocenters. The van der Waals surface area contributed by atoms with Gasteiger partial charge in [-0.15, -0.1) is 0 Å². The zero-order valence-corrected chi connectivity index (χ0v) is 11.3. The van der Waals surface area contributed by atoms with Crippen molar-refractivity contribution in [2.45, 2.75) is 9.79 Å². The number of nitrogen functional groups attached to an aromatic ring is 1. The molecule has 0 amide bonds. The van der Waals surface area contributed by atoms with Gasteiger partial charge in [-0.2, -0.15) is 5.26 Å². The molecule has 2 rings (SSSR count). The second-order valence-corrected chi connectivity index (χ2v) is 4.94. The highest BCUT2D eigenvalue weighted by atomic mass is 32.2. The van der Waals surface area contributed by atoms with Crippen molar-refractivity contribution in [1.82, 2.24) is 0 Å². The maximum absolute atomic E-state index is 13.8. The molecule has 0 aliphatic carbocycles.